The summed E-state index contributed by atoms with van der Waals surface area (Å²) in [4.78, 5) is 24.7. The van der Waals surface area contributed by atoms with Crippen molar-refractivity contribution < 1.29 is 17.9 Å². The number of anilines is 1. The van der Waals surface area contributed by atoms with Crippen molar-refractivity contribution >= 4 is 44.6 Å². The number of benzene rings is 1. The zero-order valence-corrected chi connectivity index (χ0v) is 18.4. The second-order valence-electron chi connectivity index (χ2n) is 6.49. The number of rotatable bonds is 6. The third-order valence-electron chi connectivity index (χ3n) is 4.45. The Balaban J connectivity index is 1.51. The van der Waals surface area contributed by atoms with Gasteiger partial charge in [-0.05, 0) is 46.1 Å². The van der Waals surface area contributed by atoms with E-state index < -0.39 is 28.2 Å². The van der Waals surface area contributed by atoms with Crippen LogP contribution in [0.25, 0.3) is 5.00 Å². The van der Waals surface area contributed by atoms with E-state index in [4.69, 9.17) is 16.3 Å². The number of halogens is 1. The molecule has 0 bridgehead atoms. The van der Waals surface area contributed by atoms with E-state index in [1.165, 1.54) is 33.8 Å². The molecule has 14 heteroatoms. The van der Waals surface area contributed by atoms with Crippen LogP contribution < -0.4 is 11.0 Å². The van der Waals surface area contributed by atoms with E-state index in [0.29, 0.717) is 18.2 Å². The van der Waals surface area contributed by atoms with Gasteiger partial charge in [0.15, 0.2) is 0 Å². The number of amides is 1. The lowest BCUT2D eigenvalue weighted by Gasteiger charge is -2.26. The molecule has 0 unspecified atom stereocenters. The first kappa shape index (κ1) is 21.6. The molecule has 11 nitrogen and oxygen atoms in total. The molecule has 4 rings (SSSR count). The number of thiophene rings is 1. The molecule has 164 valence electrons. The van der Waals surface area contributed by atoms with E-state index in [1.54, 1.807) is 17.5 Å². The number of carbonyl (C=O) groups is 1. The van der Waals surface area contributed by atoms with E-state index >= 15 is 0 Å². The molecule has 1 aliphatic rings. The fraction of sp³-hybridized carbons (Fsp3) is 0.294. The first-order valence-electron chi connectivity index (χ1n) is 9.10. The highest BCUT2D eigenvalue weighted by Gasteiger charge is 2.28. The van der Waals surface area contributed by atoms with E-state index in [9.17, 15) is 18.0 Å². The molecule has 0 saturated carbocycles. The molecular formula is C17H17ClN6O5S2. The van der Waals surface area contributed by atoms with Gasteiger partial charge >= 0.3 is 5.69 Å². The standard InChI is InChI=1S/C17H17ClN6O5S2/c18-13-4-3-12(10-14(13)31(27,28)22-5-7-29-8-6-22)19-15(25)11-23-17(26)24(21-20-23)16-2-1-9-30-16/h1-4,9-10H,5-8,11H2,(H,19,25). The van der Waals surface area contributed by atoms with E-state index in [-0.39, 0.29) is 28.7 Å². The largest absolute Gasteiger partial charge is 0.379 e. The summed E-state index contributed by atoms with van der Waals surface area (Å²) in [5, 5.41) is 12.4. The maximum Gasteiger partial charge on any atom is 0.369 e. The summed E-state index contributed by atoms with van der Waals surface area (Å²) >= 11 is 7.43. The molecular weight excluding hydrogens is 468 g/mol. The van der Waals surface area contributed by atoms with E-state index in [0.717, 1.165) is 9.36 Å². The second-order valence-corrected chi connectivity index (χ2v) is 9.73. The lowest BCUT2D eigenvalue weighted by atomic mass is 10.3. The number of nitrogens with one attached hydrogen (secondary N) is 1. The summed E-state index contributed by atoms with van der Waals surface area (Å²) < 4.78 is 34.3. The highest BCUT2D eigenvalue weighted by molar-refractivity contribution is 7.89. The van der Waals surface area contributed by atoms with Gasteiger partial charge in [0.1, 0.15) is 16.4 Å². The van der Waals surface area contributed by atoms with Crippen molar-refractivity contribution in [2.75, 3.05) is 31.6 Å². The van der Waals surface area contributed by atoms with Crippen LogP contribution in [0.5, 0.6) is 0 Å². The average Bonchev–Trinajstić information content (AvgIpc) is 3.40. The third kappa shape index (κ3) is 4.55. The highest BCUT2D eigenvalue weighted by Crippen LogP contribution is 2.28. The lowest BCUT2D eigenvalue weighted by molar-refractivity contribution is -0.117. The Morgan fingerprint density at radius 1 is 1.23 bits per heavy atom. The predicted molar refractivity (Wildman–Crippen MR) is 113 cm³/mol. The molecule has 0 spiro atoms. The molecule has 1 fully saturated rings. The molecule has 1 N–H and O–H groups in total. The number of carbonyl (C=O) groups excluding carboxylic acids is 1. The van der Waals surface area contributed by atoms with Gasteiger partial charge < -0.3 is 10.1 Å². The van der Waals surface area contributed by atoms with Crippen molar-refractivity contribution in [2.24, 2.45) is 0 Å². The van der Waals surface area contributed by atoms with Crippen LogP contribution in [0.3, 0.4) is 0 Å². The minimum absolute atomic E-state index is 0.0413. The topological polar surface area (TPSA) is 128 Å². The zero-order chi connectivity index (χ0) is 22.0. The molecule has 31 heavy (non-hydrogen) atoms. The van der Waals surface area contributed by atoms with Crippen LogP contribution in [0, 0.1) is 0 Å². The molecule has 2 aromatic heterocycles. The predicted octanol–water partition coefficient (Wildman–Crippen LogP) is 0.803. The molecule has 1 amide bonds. The van der Waals surface area contributed by atoms with Gasteiger partial charge in [-0.25, -0.2) is 13.2 Å². The fourth-order valence-electron chi connectivity index (χ4n) is 2.94. The molecule has 0 aliphatic carbocycles. The van der Waals surface area contributed by atoms with Crippen LogP contribution in [0.1, 0.15) is 0 Å². The maximum absolute atomic E-state index is 12.9. The Morgan fingerprint density at radius 3 is 2.71 bits per heavy atom. The van der Waals surface area contributed by atoms with Crippen LogP contribution in [0.15, 0.2) is 45.4 Å². The first-order valence-corrected chi connectivity index (χ1v) is 11.8. The molecule has 0 atom stereocenters. The van der Waals surface area contributed by atoms with E-state index in [1.807, 2.05) is 0 Å². The average molecular weight is 485 g/mol. The summed E-state index contributed by atoms with van der Waals surface area (Å²) in [5.74, 6) is -0.572. The number of tetrazole rings is 1. The van der Waals surface area contributed by atoms with Gasteiger partial charge in [0.05, 0.1) is 18.2 Å². The summed E-state index contributed by atoms with van der Waals surface area (Å²) in [5.41, 5.74) is -0.343. The van der Waals surface area contributed by atoms with Crippen molar-refractivity contribution in [3.63, 3.8) is 0 Å². The minimum atomic E-state index is -3.85. The van der Waals surface area contributed by atoms with Gasteiger partial charge in [-0.2, -0.15) is 13.7 Å². The Morgan fingerprint density at radius 2 is 2.00 bits per heavy atom. The number of hydrogen-bond donors (Lipinski definition) is 1. The number of nitrogens with zero attached hydrogens (tertiary/aromatic N) is 5. The van der Waals surface area contributed by atoms with E-state index in [2.05, 4.69) is 15.7 Å². The molecule has 0 radical (unpaired) electrons. The van der Waals surface area contributed by atoms with Gasteiger partial charge in [-0.15, -0.1) is 11.3 Å². The molecule has 1 aliphatic heterocycles. The molecule has 3 aromatic rings. The van der Waals surface area contributed by atoms with Crippen molar-refractivity contribution in [3.05, 3.63) is 51.2 Å². The number of aromatic nitrogens is 4. The Bertz CT molecular complexity index is 1250. The van der Waals surface area contributed by atoms with Gasteiger partial charge in [-0.1, -0.05) is 11.6 Å². The molecule has 1 aromatic carbocycles. The van der Waals surface area contributed by atoms with Crippen LogP contribution >= 0.6 is 22.9 Å². The van der Waals surface area contributed by atoms with Gasteiger partial charge in [-0.3, -0.25) is 4.79 Å². The normalized spacial score (nSPS) is 15.1. The summed E-state index contributed by atoms with van der Waals surface area (Å²) in [7, 11) is -3.85. The van der Waals surface area contributed by atoms with Crippen LogP contribution in [-0.2, 0) is 26.1 Å². The summed E-state index contributed by atoms with van der Waals surface area (Å²) in [6.07, 6.45) is 0. The summed E-state index contributed by atoms with van der Waals surface area (Å²) in [6, 6.07) is 7.63. The van der Waals surface area contributed by atoms with Crippen LogP contribution in [-0.4, -0.2) is 64.7 Å². The fourth-order valence-corrected chi connectivity index (χ4v) is 5.52. The van der Waals surface area contributed by atoms with Crippen LogP contribution in [0.4, 0.5) is 5.69 Å². The smallest absolute Gasteiger partial charge is 0.369 e. The molecule has 1 saturated heterocycles. The number of sulfonamides is 1. The minimum Gasteiger partial charge on any atom is -0.379 e. The Kier molecular flexibility index (Phi) is 6.20. The SMILES string of the molecule is O=C(Cn1nnn(-c2cccs2)c1=O)Nc1ccc(Cl)c(S(=O)(=O)N2CCOCC2)c1. The zero-order valence-electron chi connectivity index (χ0n) is 16.0. The lowest BCUT2D eigenvalue weighted by Crippen LogP contribution is -2.40. The van der Waals surface area contributed by atoms with Crippen LogP contribution in [0.2, 0.25) is 5.02 Å². The Labute approximate surface area is 185 Å². The van der Waals surface area contributed by atoms with Gasteiger partial charge in [0.2, 0.25) is 15.9 Å². The number of ether oxygens (including phenoxy) is 1. The molecule has 3 heterocycles. The first-order chi connectivity index (χ1) is 14.9. The monoisotopic (exact) mass is 484 g/mol. The van der Waals surface area contributed by atoms with Crippen molar-refractivity contribution in [3.8, 4) is 5.00 Å². The second kappa shape index (κ2) is 8.88. The van der Waals surface area contributed by atoms with Gasteiger partial charge in [0.25, 0.3) is 0 Å². The van der Waals surface area contributed by atoms with Crippen molar-refractivity contribution in [1.29, 1.82) is 0 Å². The third-order valence-corrected chi connectivity index (χ3v) is 7.67. The van der Waals surface area contributed by atoms with Crippen molar-refractivity contribution in [2.45, 2.75) is 11.4 Å². The quantitative estimate of drug-likeness (QED) is 0.548. The summed E-state index contributed by atoms with van der Waals surface area (Å²) in [6.45, 7) is 0.650. The number of morpholine rings is 1. The highest BCUT2D eigenvalue weighted by atomic mass is 35.5. The van der Waals surface area contributed by atoms with Crippen molar-refractivity contribution in [1.82, 2.24) is 24.1 Å². The van der Waals surface area contributed by atoms with Gasteiger partial charge in [0, 0.05) is 18.8 Å². The maximum atomic E-state index is 12.9. The Hall–Kier alpha value is -2.58. The number of hydrogen-bond acceptors (Lipinski definition) is 8.